The molecule has 0 aliphatic carbocycles. The molecule has 2 aromatic heterocycles. The van der Waals surface area contributed by atoms with E-state index in [9.17, 15) is 9.18 Å². The Labute approximate surface area is 160 Å². The fraction of sp³-hybridized carbons (Fsp3) is 0.263. The molecule has 0 aliphatic heterocycles. The number of aldehydes is 1. The number of nitrogens with zero attached hydrogens (tertiary/aromatic N) is 2. The molecule has 6 nitrogen and oxygen atoms in total. The lowest BCUT2D eigenvalue weighted by atomic mass is 10.1. The first kappa shape index (κ1) is 19.0. The minimum atomic E-state index is -0.478. The summed E-state index contributed by atoms with van der Waals surface area (Å²) in [7, 11) is 2.93. The maximum absolute atomic E-state index is 14.6. The van der Waals surface area contributed by atoms with E-state index in [0.29, 0.717) is 40.2 Å². The van der Waals surface area contributed by atoms with E-state index in [-0.39, 0.29) is 5.75 Å². The molecule has 27 heavy (non-hydrogen) atoms. The normalized spacial score (nSPS) is 10.8. The van der Waals surface area contributed by atoms with E-state index in [4.69, 9.17) is 9.47 Å². The van der Waals surface area contributed by atoms with Gasteiger partial charge in [0.2, 0.25) is 0 Å². The number of carbonyl (C=O) groups is 1. The van der Waals surface area contributed by atoms with Crippen molar-refractivity contribution in [2.75, 3.05) is 24.7 Å². The molecule has 2 heterocycles. The number of methoxy groups -OCH3 is 2. The van der Waals surface area contributed by atoms with Crippen molar-refractivity contribution in [3.63, 3.8) is 0 Å². The van der Waals surface area contributed by atoms with E-state index < -0.39 is 5.82 Å². The second-order valence-corrected chi connectivity index (χ2v) is 6.68. The molecule has 0 fully saturated rings. The number of aromatic nitrogens is 2. The second kappa shape index (κ2) is 8.30. The summed E-state index contributed by atoms with van der Waals surface area (Å²) in [6.07, 6.45) is 4.97. The number of rotatable bonds is 8. The maximum Gasteiger partial charge on any atom is 0.178 e. The van der Waals surface area contributed by atoms with Crippen LogP contribution in [-0.4, -0.2) is 35.6 Å². The predicted molar refractivity (Wildman–Crippen MR) is 105 cm³/mol. The van der Waals surface area contributed by atoms with Gasteiger partial charge in [-0.15, -0.1) is 0 Å². The molecule has 1 N–H and O–H groups in total. The molecule has 0 aliphatic rings. The number of hydrogen-bond acceptors (Lipinski definition) is 6. The third-order valence-electron chi connectivity index (χ3n) is 4.02. The zero-order chi connectivity index (χ0) is 19.4. The quantitative estimate of drug-likeness (QED) is 0.349. The van der Waals surface area contributed by atoms with Crippen LogP contribution in [0.3, 0.4) is 0 Å². The zero-order valence-electron chi connectivity index (χ0n) is 15.3. The van der Waals surface area contributed by atoms with Gasteiger partial charge in [0.25, 0.3) is 0 Å². The van der Waals surface area contributed by atoms with Crippen molar-refractivity contribution in [2.24, 2.45) is 0 Å². The number of carbonyl (C=O) groups excluding carboxylic acids is 1. The third-order valence-corrected chi connectivity index (χ3v) is 4.99. The van der Waals surface area contributed by atoms with Gasteiger partial charge in [-0.25, -0.2) is 9.37 Å². The van der Waals surface area contributed by atoms with Crippen LogP contribution < -0.4 is 14.2 Å². The Kier molecular flexibility index (Phi) is 5.85. The molecule has 0 saturated carbocycles. The van der Waals surface area contributed by atoms with Gasteiger partial charge in [-0.1, -0.05) is 18.9 Å². The molecule has 0 saturated heterocycles. The summed E-state index contributed by atoms with van der Waals surface area (Å²) >= 11 is 1.48. The number of imidazole rings is 1. The number of anilines is 1. The molecular weight excluding hydrogens is 369 g/mol. The Bertz CT molecular complexity index is 974. The SMILES string of the molecule is CCCSNc1cc(-c2cnc3cc(OC)c(C=O)cn23)cc(F)c1OC. The van der Waals surface area contributed by atoms with Crippen molar-refractivity contribution in [3.05, 3.63) is 42.0 Å². The third kappa shape index (κ3) is 3.71. The first-order valence-electron chi connectivity index (χ1n) is 8.38. The first-order valence-corrected chi connectivity index (χ1v) is 9.37. The van der Waals surface area contributed by atoms with Crippen LogP contribution in [0.5, 0.6) is 11.5 Å². The lowest BCUT2D eigenvalue weighted by molar-refractivity contribution is 0.112. The highest BCUT2D eigenvalue weighted by atomic mass is 32.2. The highest BCUT2D eigenvalue weighted by Crippen LogP contribution is 2.35. The number of halogens is 1. The largest absolute Gasteiger partial charge is 0.496 e. The number of benzene rings is 1. The van der Waals surface area contributed by atoms with Crippen LogP contribution in [0.25, 0.3) is 16.9 Å². The van der Waals surface area contributed by atoms with Crippen LogP contribution in [0.4, 0.5) is 10.1 Å². The van der Waals surface area contributed by atoms with Crippen molar-refractivity contribution in [1.29, 1.82) is 0 Å². The van der Waals surface area contributed by atoms with E-state index >= 15 is 0 Å². The van der Waals surface area contributed by atoms with Crippen molar-refractivity contribution in [3.8, 4) is 22.8 Å². The summed E-state index contributed by atoms with van der Waals surface area (Å²) in [5.74, 6) is 1.00. The number of pyridine rings is 1. The average molecular weight is 389 g/mol. The van der Waals surface area contributed by atoms with Crippen LogP contribution in [-0.2, 0) is 0 Å². The summed E-state index contributed by atoms with van der Waals surface area (Å²) in [6, 6.07) is 4.87. The van der Waals surface area contributed by atoms with E-state index in [0.717, 1.165) is 12.2 Å². The van der Waals surface area contributed by atoms with E-state index in [1.54, 1.807) is 28.9 Å². The summed E-state index contributed by atoms with van der Waals surface area (Å²) < 4.78 is 29.9. The molecule has 1 aromatic carbocycles. The van der Waals surface area contributed by atoms with Crippen LogP contribution in [0, 0.1) is 5.82 Å². The van der Waals surface area contributed by atoms with Gasteiger partial charge in [0.15, 0.2) is 17.9 Å². The number of hydrogen-bond donors (Lipinski definition) is 1. The highest BCUT2D eigenvalue weighted by Gasteiger charge is 2.16. The zero-order valence-corrected chi connectivity index (χ0v) is 16.1. The maximum atomic E-state index is 14.6. The Morgan fingerprint density at radius 3 is 2.78 bits per heavy atom. The molecular formula is C19H20FN3O3S. The summed E-state index contributed by atoms with van der Waals surface area (Å²) in [6.45, 7) is 2.07. The van der Waals surface area contributed by atoms with Gasteiger partial charge >= 0.3 is 0 Å². The molecule has 0 bridgehead atoms. The number of nitrogens with one attached hydrogen (secondary N) is 1. The number of fused-ring (bicyclic) bond motifs is 1. The summed E-state index contributed by atoms with van der Waals surface area (Å²) in [5.41, 5.74) is 2.79. The molecule has 0 amide bonds. The minimum Gasteiger partial charge on any atom is -0.496 e. The molecule has 0 spiro atoms. The molecule has 3 rings (SSSR count). The highest BCUT2D eigenvalue weighted by molar-refractivity contribution is 8.00. The molecule has 0 radical (unpaired) electrons. The van der Waals surface area contributed by atoms with E-state index in [2.05, 4.69) is 16.6 Å². The van der Waals surface area contributed by atoms with Crippen LogP contribution in [0.15, 0.2) is 30.6 Å². The first-order chi connectivity index (χ1) is 13.1. The van der Waals surface area contributed by atoms with Crippen molar-refractivity contribution >= 4 is 29.6 Å². The van der Waals surface area contributed by atoms with E-state index in [1.807, 2.05) is 0 Å². The van der Waals surface area contributed by atoms with Crippen molar-refractivity contribution < 1.29 is 18.7 Å². The van der Waals surface area contributed by atoms with Gasteiger partial charge in [0, 0.05) is 23.6 Å². The van der Waals surface area contributed by atoms with Crippen LogP contribution in [0.1, 0.15) is 23.7 Å². The van der Waals surface area contributed by atoms with Crippen LogP contribution in [0.2, 0.25) is 0 Å². The summed E-state index contributed by atoms with van der Waals surface area (Å²) in [5, 5.41) is 0. The second-order valence-electron chi connectivity index (χ2n) is 5.78. The molecule has 142 valence electrons. The fourth-order valence-electron chi connectivity index (χ4n) is 2.76. The molecule has 0 atom stereocenters. The van der Waals surface area contributed by atoms with Gasteiger partial charge < -0.3 is 14.2 Å². The fourth-order valence-corrected chi connectivity index (χ4v) is 3.37. The Hall–Kier alpha value is -2.74. The lowest BCUT2D eigenvalue weighted by Gasteiger charge is -2.13. The van der Waals surface area contributed by atoms with Gasteiger partial charge in [0.1, 0.15) is 11.4 Å². The Morgan fingerprint density at radius 2 is 2.11 bits per heavy atom. The molecule has 3 aromatic rings. The Morgan fingerprint density at radius 1 is 1.30 bits per heavy atom. The van der Waals surface area contributed by atoms with Gasteiger partial charge in [-0.2, -0.15) is 0 Å². The Balaban J connectivity index is 2.11. The van der Waals surface area contributed by atoms with Gasteiger partial charge in [-0.05, 0) is 18.6 Å². The monoisotopic (exact) mass is 389 g/mol. The number of ether oxygens (including phenoxy) is 2. The standard InChI is InChI=1S/C19H20FN3O3S/c1-4-5-27-22-15-7-12(6-14(20)19(15)26-3)16-9-21-18-8-17(25-2)13(11-24)10-23(16)18/h6-11,22H,4-5H2,1-3H3. The van der Waals surface area contributed by atoms with Crippen LogP contribution >= 0.6 is 11.9 Å². The molecule has 0 unspecified atom stereocenters. The van der Waals surface area contributed by atoms with Crippen molar-refractivity contribution in [2.45, 2.75) is 13.3 Å². The van der Waals surface area contributed by atoms with Gasteiger partial charge in [-0.3, -0.25) is 9.20 Å². The predicted octanol–water partition coefficient (Wildman–Crippen LogP) is 4.44. The van der Waals surface area contributed by atoms with E-state index in [1.165, 1.54) is 32.2 Å². The average Bonchev–Trinajstić information content (AvgIpc) is 3.09. The molecule has 8 heteroatoms. The summed E-state index contributed by atoms with van der Waals surface area (Å²) in [4.78, 5) is 15.7. The minimum absolute atomic E-state index is 0.159. The van der Waals surface area contributed by atoms with Gasteiger partial charge in [0.05, 0.1) is 37.4 Å². The smallest absolute Gasteiger partial charge is 0.178 e. The topological polar surface area (TPSA) is 64.9 Å². The van der Waals surface area contributed by atoms with Crippen molar-refractivity contribution in [1.82, 2.24) is 9.38 Å². The lowest BCUT2D eigenvalue weighted by Crippen LogP contribution is -1.99.